The zero-order valence-electron chi connectivity index (χ0n) is 18.5. The number of carboxylic acids is 1. The summed E-state index contributed by atoms with van der Waals surface area (Å²) >= 11 is 0. The van der Waals surface area contributed by atoms with E-state index in [9.17, 15) is 23.9 Å². The molecule has 0 saturated carbocycles. The first kappa shape index (κ1) is 22.5. The van der Waals surface area contributed by atoms with Gasteiger partial charge in [0.15, 0.2) is 5.78 Å². The molecule has 33 heavy (non-hydrogen) atoms. The molecule has 7 nitrogen and oxygen atoms in total. The summed E-state index contributed by atoms with van der Waals surface area (Å²) in [6.45, 7) is 2.63. The van der Waals surface area contributed by atoms with Crippen molar-refractivity contribution in [3.05, 3.63) is 65.9 Å². The van der Waals surface area contributed by atoms with E-state index in [0.717, 1.165) is 10.5 Å². The number of halogens is 1. The van der Waals surface area contributed by atoms with Crippen molar-refractivity contribution in [2.24, 2.45) is 0 Å². The van der Waals surface area contributed by atoms with Crippen LogP contribution in [0.3, 0.4) is 0 Å². The predicted molar refractivity (Wildman–Crippen MR) is 120 cm³/mol. The normalized spacial score (nSPS) is 20.2. The molecular formula is C25H25FN2O5. The average Bonchev–Trinajstić information content (AvgIpc) is 3.30. The number of hydrogen-bond donors (Lipinski definition) is 1. The van der Waals surface area contributed by atoms with Crippen LogP contribution in [-0.2, 0) is 22.7 Å². The first-order valence-corrected chi connectivity index (χ1v) is 10.7. The van der Waals surface area contributed by atoms with Gasteiger partial charge in [0.2, 0.25) is 5.91 Å². The van der Waals surface area contributed by atoms with Gasteiger partial charge in [0.25, 0.3) is 0 Å². The number of hydrogen-bond acceptors (Lipinski definition) is 4. The van der Waals surface area contributed by atoms with Gasteiger partial charge >= 0.3 is 5.97 Å². The number of rotatable bonds is 7. The fraction of sp³-hybridized carbons (Fsp3) is 0.320. The van der Waals surface area contributed by atoms with Gasteiger partial charge in [-0.3, -0.25) is 9.59 Å². The van der Waals surface area contributed by atoms with Crippen LogP contribution in [0.5, 0.6) is 5.75 Å². The minimum absolute atomic E-state index is 0.174. The van der Waals surface area contributed by atoms with E-state index in [1.54, 1.807) is 29.0 Å². The lowest BCUT2D eigenvalue weighted by Crippen LogP contribution is -2.42. The van der Waals surface area contributed by atoms with Gasteiger partial charge in [-0.15, -0.1) is 0 Å². The van der Waals surface area contributed by atoms with Crippen molar-refractivity contribution in [2.45, 2.75) is 45.1 Å². The smallest absolute Gasteiger partial charge is 0.326 e. The largest absolute Gasteiger partial charge is 0.489 e. The molecule has 172 valence electrons. The third-order valence-electron chi connectivity index (χ3n) is 5.89. The van der Waals surface area contributed by atoms with Crippen molar-refractivity contribution in [1.82, 2.24) is 9.47 Å². The second-order valence-corrected chi connectivity index (χ2v) is 8.67. The number of alkyl halides is 1. The Bertz CT molecular complexity index is 1220. The van der Waals surface area contributed by atoms with Crippen LogP contribution >= 0.6 is 0 Å². The minimum atomic E-state index is -1.76. The maximum Gasteiger partial charge on any atom is 0.326 e. The number of amides is 1. The van der Waals surface area contributed by atoms with Gasteiger partial charge in [-0.25, -0.2) is 9.18 Å². The Morgan fingerprint density at radius 1 is 1.18 bits per heavy atom. The molecule has 1 aromatic heterocycles. The molecule has 8 heteroatoms. The molecule has 0 aliphatic carbocycles. The van der Waals surface area contributed by atoms with Crippen LogP contribution in [0, 0.1) is 0 Å². The molecule has 4 rings (SSSR count). The molecule has 3 aromatic rings. The highest BCUT2D eigenvalue weighted by Gasteiger charge is 2.46. The van der Waals surface area contributed by atoms with Gasteiger partial charge in [-0.2, -0.15) is 0 Å². The second-order valence-electron chi connectivity index (χ2n) is 8.67. The summed E-state index contributed by atoms with van der Waals surface area (Å²) in [5, 5.41) is 10.0. The van der Waals surface area contributed by atoms with Crippen molar-refractivity contribution in [1.29, 1.82) is 0 Å². The summed E-state index contributed by atoms with van der Waals surface area (Å²) in [5.41, 5.74) is 0.308. The SMILES string of the molecule is CC(=O)c1cn(CC(=O)N2C[C@](C)(F)C[C@H]2C(=O)O)c2ccc(OCc3ccccc3)cc12. The van der Waals surface area contributed by atoms with Gasteiger partial charge in [0.05, 0.1) is 6.54 Å². The minimum Gasteiger partial charge on any atom is -0.489 e. The first-order valence-electron chi connectivity index (χ1n) is 10.7. The summed E-state index contributed by atoms with van der Waals surface area (Å²) in [6.07, 6.45) is 1.33. The Hall–Kier alpha value is -3.68. The Kier molecular flexibility index (Phi) is 5.93. The summed E-state index contributed by atoms with van der Waals surface area (Å²) in [7, 11) is 0. The van der Waals surface area contributed by atoms with Crippen molar-refractivity contribution >= 4 is 28.6 Å². The number of ketones is 1. The molecule has 0 unspecified atom stereocenters. The summed E-state index contributed by atoms with van der Waals surface area (Å²) in [5.74, 6) is -1.34. The van der Waals surface area contributed by atoms with E-state index in [0.29, 0.717) is 28.8 Å². The molecule has 1 aliphatic heterocycles. The van der Waals surface area contributed by atoms with Crippen molar-refractivity contribution in [3.8, 4) is 5.75 Å². The fourth-order valence-electron chi connectivity index (χ4n) is 4.28. The van der Waals surface area contributed by atoms with Crippen LogP contribution in [0.4, 0.5) is 4.39 Å². The molecule has 1 amide bonds. The van der Waals surface area contributed by atoms with E-state index in [1.165, 1.54) is 13.8 Å². The number of carboxylic acid groups (broad SMARTS) is 1. The lowest BCUT2D eigenvalue weighted by Gasteiger charge is -2.22. The number of aliphatic carboxylic acids is 1. The highest BCUT2D eigenvalue weighted by Crippen LogP contribution is 2.32. The van der Waals surface area contributed by atoms with Gasteiger partial charge in [0.1, 0.15) is 30.6 Å². The summed E-state index contributed by atoms with van der Waals surface area (Å²) in [6, 6.07) is 13.7. The number of ether oxygens (including phenoxy) is 1. The van der Waals surface area contributed by atoms with E-state index in [-0.39, 0.29) is 25.3 Å². The summed E-state index contributed by atoms with van der Waals surface area (Å²) < 4.78 is 21.9. The molecule has 0 spiro atoms. The number of carbonyl (C=O) groups is 3. The Balaban J connectivity index is 1.59. The fourth-order valence-corrected chi connectivity index (χ4v) is 4.28. The molecule has 0 bridgehead atoms. The molecule has 2 atom stereocenters. The van der Waals surface area contributed by atoms with E-state index < -0.39 is 23.6 Å². The number of Topliss-reactive ketones (excluding diaryl/α,β-unsaturated/α-hetero) is 1. The number of fused-ring (bicyclic) bond motifs is 1. The highest BCUT2D eigenvalue weighted by molar-refractivity contribution is 6.07. The average molecular weight is 452 g/mol. The van der Waals surface area contributed by atoms with Crippen LogP contribution in [0.15, 0.2) is 54.7 Å². The molecule has 0 radical (unpaired) electrons. The standard InChI is InChI=1S/C25H25FN2O5/c1-16(29)20-12-27(13-23(30)28-15-25(2,26)11-22(28)24(31)32)21-9-8-18(10-19(20)21)33-14-17-6-4-3-5-7-17/h3-10,12,22H,11,13-15H2,1-2H3,(H,31,32)/t22-,25+/m0/s1. The zero-order valence-corrected chi connectivity index (χ0v) is 18.5. The molecule has 2 aromatic carbocycles. The molecule has 2 heterocycles. The van der Waals surface area contributed by atoms with Crippen LogP contribution in [0.1, 0.15) is 36.2 Å². The highest BCUT2D eigenvalue weighted by atomic mass is 19.1. The summed E-state index contributed by atoms with van der Waals surface area (Å²) in [4.78, 5) is 37.8. The van der Waals surface area contributed by atoms with E-state index in [2.05, 4.69) is 0 Å². The molecule has 1 fully saturated rings. The molecular weight excluding hydrogens is 427 g/mol. The lowest BCUT2D eigenvalue weighted by molar-refractivity contribution is -0.148. The van der Waals surface area contributed by atoms with Crippen LogP contribution in [-0.4, -0.2) is 50.5 Å². The maximum atomic E-state index is 14.5. The quantitative estimate of drug-likeness (QED) is 0.551. The van der Waals surface area contributed by atoms with E-state index >= 15 is 0 Å². The number of carbonyl (C=O) groups excluding carboxylic acids is 2. The van der Waals surface area contributed by atoms with Gasteiger partial charge < -0.3 is 19.3 Å². The first-order chi connectivity index (χ1) is 15.6. The number of likely N-dealkylation sites (tertiary alicyclic amines) is 1. The second kappa shape index (κ2) is 8.69. The van der Waals surface area contributed by atoms with Crippen LogP contribution in [0.2, 0.25) is 0 Å². The Morgan fingerprint density at radius 2 is 1.91 bits per heavy atom. The number of aromatic nitrogens is 1. The predicted octanol–water partition coefficient (Wildman–Crippen LogP) is 3.84. The monoisotopic (exact) mass is 452 g/mol. The van der Waals surface area contributed by atoms with Crippen molar-refractivity contribution < 1.29 is 28.6 Å². The van der Waals surface area contributed by atoms with Crippen LogP contribution < -0.4 is 4.74 Å². The van der Waals surface area contributed by atoms with E-state index in [1.807, 2.05) is 30.3 Å². The number of benzene rings is 2. The van der Waals surface area contributed by atoms with Gasteiger partial charge in [0, 0.05) is 29.1 Å². The molecule has 1 aliphatic rings. The Morgan fingerprint density at radius 3 is 2.58 bits per heavy atom. The zero-order chi connectivity index (χ0) is 23.8. The molecule has 1 N–H and O–H groups in total. The van der Waals surface area contributed by atoms with Crippen molar-refractivity contribution in [3.63, 3.8) is 0 Å². The third kappa shape index (κ3) is 4.74. The van der Waals surface area contributed by atoms with Crippen LogP contribution in [0.25, 0.3) is 10.9 Å². The molecule has 1 saturated heterocycles. The van der Waals surface area contributed by atoms with Crippen molar-refractivity contribution in [2.75, 3.05) is 6.54 Å². The van der Waals surface area contributed by atoms with Gasteiger partial charge in [-0.1, -0.05) is 30.3 Å². The lowest BCUT2D eigenvalue weighted by atomic mass is 10.1. The number of nitrogens with zero attached hydrogens (tertiary/aromatic N) is 2. The Labute approximate surface area is 190 Å². The van der Waals surface area contributed by atoms with E-state index in [4.69, 9.17) is 4.74 Å². The maximum absolute atomic E-state index is 14.5. The topological polar surface area (TPSA) is 88.8 Å². The third-order valence-corrected chi connectivity index (χ3v) is 5.89. The van der Waals surface area contributed by atoms with Gasteiger partial charge in [-0.05, 0) is 37.6 Å².